The molecule has 0 aliphatic carbocycles. The van der Waals surface area contributed by atoms with Gasteiger partial charge in [-0.2, -0.15) is 0 Å². The molecule has 11 heavy (non-hydrogen) atoms. The van der Waals surface area contributed by atoms with Crippen molar-refractivity contribution in [2.45, 2.75) is 20.3 Å². The maximum absolute atomic E-state index is 5.14. The molecule has 0 aromatic rings. The van der Waals surface area contributed by atoms with Crippen LogP contribution in [0.3, 0.4) is 0 Å². The summed E-state index contributed by atoms with van der Waals surface area (Å²) in [7, 11) is 1.72. The van der Waals surface area contributed by atoms with Crippen LogP contribution in [0.4, 0.5) is 0 Å². The van der Waals surface area contributed by atoms with Gasteiger partial charge in [-0.1, -0.05) is 13.8 Å². The zero-order valence-electron chi connectivity index (χ0n) is 7.72. The Hall–Kier alpha value is -0.120. The zero-order chi connectivity index (χ0) is 8.53. The van der Waals surface area contributed by atoms with Gasteiger partial charge in [-0.15, -0.1) is 0 Å². The second kappa shape index (κ2) is 7.98. The minimum absolute atomic E-state index is 0.564. The van der Waals surface area contributed by atoms with E-state index in [-0.39, 0.29) is 0 Å². The smallest absolute Gasteiger partial charge is 0.0708 e. The lowest BCUT2D eigenvalue weighted by molar-refractivity contribution is 0.0169. The predicted molar refractivity (Wildman–Crippen MR) is 45.3 cm³/mol. The van der Waals surface area contributed by atoms with Crippen LogP contribution in [0.15, 0.2) is 0 Å². The molecule has 1 N–H and O–H groups in total. The van der Waals surface area contributed by atoms with Gasteiger partial charge in [-0.25, -0.2) is 5.48 Å². The maximum atomic E-state index is 5.14. The van der Waals surface area contributed by atoms with E-state index < -0.39 is 0 Å². The highest BCUT2D eigenvalue weighted by atomic mass is 16.6. The monoisotopic (exact) mass is 161 g/mol. The van der Waals surface area contributed by atoms with E-state index in [0.29, 0.717) is 5.92 Å². The summed E-state index contributed by atoms with van der Waals surface area (Å²) >= 11 is 0. The third-order valence-electron chi connectivity index (χ3n) is 1.43. The Kier molecular flexibility index (Phi) is 7.89. The minimum atomic E-state index is 0.564. The second-order valence-electron chi connectivity index (χ2n) is 2.70. The Morgan fingerprint density at radius 1 is 1.45 bits per heavy atom. The Morgan fingerprint density at radius 2 is 2.18 bits per heavy atom. The lowest BCUT2D eigenvalue weighted by Gasteiger charge is -2.10. The van der Waals surface area contributed by atoms with Gasteiger partial charge in [0.15, 0.2) is 0 Å². The highest BCUT2D eigenvalue weighted by molar-refractivity contribution is 4.48. The molecule has 0 saturated heterocycles. The highest BCUT2D eigenvalue weighted by Crippen LogP contribution is 2.00. The van der Waals surface area contributed by atoms with Crippen LogP contribution in [0.25, 0.3) is 0 Å². The van der Waals surface area contributed by atoms with E-state index in [1.54, 1.807) is 7.11 Å². The van der Waals surface area contributed by atoms with Crippen molar-refractivity contribution in [1.82, 2.24) is 5.48 Å². The SMILES string of the molecule is CCNOCC(C)CCOC. The van der Waals surface area contributed by atoms with Crippen LogP contribution in [0.1, 0.15) is 20.3 Å². The predicted octanol–water partition coefficient (Wildman–Crippen LogP) is 1.20. The summed E-state index contributed by atoms with van der Waals surface area (Å²) in [6.45, 7) is 6.60. The van der Waals surface area contributed by atoms with Crippen LogP contribution in [0.2, 0.25) is 0 Å². The van der Waals surface area contributed by atoms with Gasteiger partial charge in [0.05, 0.1) is 6.61 Å². The molecule has 0 saturated carbocycles. The van der Waals surface area contributed by atoms with E-state index in [4.69, 9.17) is 9.57 Å². The van der Waals surface area contributed by atoms with Gasteiger partial charge in [-0.3, -0.25) is 0 Å². The molecule has 0 spiro atoms. The van der Waals surface area contributed by atoms with Crippen LogP contribution < -0.4 is 5.48 Å². The summed E-state index contributed by atoms with van der Waals surface area (Å²) in [5, 5.41) is 0. The Balaban J connectivity index is 3.02. The molecule has 0 radical (unpaired) electrons. The third kappa shape index (κ3) is 7.78. The van der Waals surface area contributed by atoms with Crippen molar-refractivity contribution >= 4 is 0 Å². The molecule has 0 aliphatic rings. The fraction of sp³-hybridized carbons (Fsp3) is 1.00. The number of methoxy groups -OCH3 is 1. The molecule has 1 unspecified atom stereocenters. The second-order valence-corrected chi connectivity index (χ2v) is 2.70. The van der Waals surface area contributed by atoms with Crippen molar-refractivity contribution in [2.75, 3.05) is 26.9 Å². The molecular formula is C8H19NO2. The van der Waals surface area contributed by atoms with E-state index in [1.165, 1.54) is 0 Å². The lowest BCUT2D eigenvalue weighted by atomic mass is 10.1. The summed E-state index contributed by atoms with van der Waals surface area (Å²) in [5.74, 6) is 0.564. The number of hydroxylamine groups is 1. The molecule has 0 fully saturated rings. The topological polar surface area (TPSA) is 30.5 Å². The van der Waals surface area contributed by atoms with Gasteiger partial charge in [0.1, 0.15) is 0 Å². The number of hydrogen-bond donors (Lipinski definition) is 1. The van der Waals surface area contributed by atoms with Crippen molar-refractivity contribution in [3.63, 3.8) is 0 Å². The number of nitrogens with one attached hydrogen (secondary N) is 1. The van der Waals surface area contributed by atoms with Gasteiger partial charge in [0, 0.05) is 20.3 Å². The van der Waals surface area contributed by atoms with Crippen molar-refractivity contribution in [3.8, 4) is 0 Å². The molecule has 3 nitrogen and oxygen atoms in total. The Bertz CT molecular complexity index is 78.5. The first-order valence-corrected chi connectivity index (χ1v) is 4.14. The quantitative estimate of drug-likeness (QED) is 0.449. The van der Waals surface area contributed by atoms with Crippen molar-refractivity contribution in [2.24, 2.45) is 5.92 Å². The molecule has 0 aromatic heterocycles. The third-order valence-corrected chi connectivity index (χ3v) is 1.43. The van der Waals surface area contributed by atoms with Crippen LogP contribution in [-0.2, 0) is 9.57 Å². The van der Waals surface area contributed by atoms with Crippen molar-refractivity contribution < 1.29 is 9.57 Å². The largest absolute Gasteiger partial charge is 0.385 e. The minimum Gasteiger partial charge on any atom is -0.385 e. The summed E-state index contributed by atoms with van der Waals surface area (Å²) in [6.07, 6.45) is 1.06. The van der Waals surface area contributed by atoms with E-state index in [2.05, 4.69) is 12.4 Å². The molecule has 0 amide bonds. The zero-order valence-corrected chi connectivity index (χ0v) is 7.72. The molecule has 0 heterocycles. The molecule has 68 valence electrons. The molecule has 1 atom stereocenters. The van der Waals surface area contributed by atoms with Crippen LogP contribution >= 0.6 is 0 Å². The van der Waals surface area contributed by atoms with Crippen LogP contribution in [0, 0.1) is 5.92 Å². The normalized spacial score (nSPS) is 13.4. The first kappa shape index (κ1) is 10.9. The molecule has 0 aromatic carbocycles. The molecule has 0 aliphatic heterocycles. The van der Waals surface area contributed by atoms with E-state index >= 15 is 0 Å². The fourth-order valence-electron chi connectivity index (χ4n) is 0.706. The Morgan fingerprint density at radius 3 is 2.73 bits per heavy atom. The van der Waals surface area contributed by atoms with Gasteiger partial charge < -0.3 is 9.57 Å². The van der Waals surface area contributed by atoms with Gasteiger partial charge in [0.2, 0.25) is 0 Å². The van der Waals surface area contributed by atoms with E-state index in [1.807, 2.05) is 6.92 Å². The summed E-state index contributed by atoms with van der Waals surface area (Å²) < 4.78 is 4.94. The summed E-state index contributed by atoms with van der Waals surface area (Å²) in [5.41, 5.74) is 2.81. The first-order valence-electron chi connectivity index (χ1n) is 4.14. The number of ether oxygens (including phenoxy) is 1. The van der Waals surface area contributed by atoms with Gasteiger partial charge in [0.25, 0.3) is 0 Å². The average molecular weight is 161 g/mol. The fourth-order valence-corrected chi connectivity index (χ4v) is 0.706. The highest BCUT2D eigenvalue weighted by Gasteiger charge is 2.00. The summed E-state index contributed by atoms with van der Waals surface area (Å²) in [4.78, 5) is 5.14. The van der Waals surface area contributed by atoms with Crippen LogP contribution in [0.5, 0.6) is 0 Å². The van der Waals surface area contributed by atoms with E-state index in [9.17, 15) is 0 Å². The molecule has 3 heteroatoms. The van der Waals surface area contributed by atoms with Gasteiger partial charge in [-0.05, 0) is 12.3 Å². The van der Waals surface area contributed by atoms with Crippen molar-refractivity contribution in [1.29, 1.82) is 0 Å². The lowest BCUT2D eigenvalue weighted by Crippen LogP contribution is -2.18. The molecule has 0 bridgehead atoms. The Labute approximate surface area is 69.0 Å². The summed E-state index contributed by atoms with van der Waals surface area (Å²) in [6, 6.07) is 0. The standard InChI is InChI=1S/C8H19NO2/c1-4-9-11-7-8(2)5-6-10-3/h8-9H,4-7H2,1-3H3. The number of rotatable bonds is 7. The van der Waals surface area contributed by atoms with E-state index in [0.717, 1.165) is 26.2 Å². The van der Waals surface area contributed by atoms with Crippen LogP contribution in [-0.4, -0.2) is 26.9 Å². The molecular weight excluding hydrogens is 142 g/mol. The first-order chi connectivity index (χ1) is 5.31. The van der Waals surface area contributed by atoms with Crippen molar-refractivity contribution in [3.05, 3.63) is 0 Å². The average Bonchev–Trinajstić information content (AvgIpc) is 2.01. The van der Waals surface area contributed by atoms with Gasteiger partial charge >= 0.3 is 0 Å². The maximum Gasteiger partial charge on any atom is 0.0708 e. The number of hydrogen-bond acceptors (Lipinski definition) is 3. The molecule has 0 rings (SSSR count).